The standard InChI is InChI=1S/C12H17NS/c1-10-3-2-4-12(9-10)14-11-5-7-13-8-6-11/h2-4,9,11,13H,5-8H2,1H3. The summed E-state index contributed by atoms with van der Waals surface area (Å²) in [6, 6.07) is 8.82. The van der Waals surface area contributed by atoms with Gasteiger partial charge in [-0.1, -0.05) is 17.7 Å². The van der Waals surface area contributed by atoms with E-state index in [0.29, 0.717) is 0 Å². The third kappa shape index (κ3) is 2.76. The molecule has 0 saturated carbocycles. The fourth-order valence-electron chi connectivity index (χ4n) is 1.79. The smallest absolute Gasteiger partial charge is 0.0118 e. The number of nitrogens with one attached hydrogen (secondary N) is 1. The second-order valence-electron chi connectivity index (χ2n) is 3.88. The lowest BCUT2D eigenvalue weighted by Gasteiger charge is -2.22. The van der Waals surface area contributed by atoms with Gasteiger partial charge in [0.1, 0.15) is 0 Å². The summed E-state index contributed by atoms with van der Waals surface area (Å²) in [5.41, 5.74) is 1.36. The van der Waals surface area contributed by atoms with E-state index in [9.17, 15) is 0 Å². The molecule has 1 saturated heterocycles. The monoisotopic (exact) mass is 207 g/mol. The number of benzene rings is 1. The van der Waals surface area contributed by atoms with Crippen LogP contribution in [0.1, 0.15) is 18.4 Å². The van der Waals surface area contributed by atoms with E-state index in [4.69, 9.17) is 0 Å². The van der Waals surface area contributed by atoms with Crippen molar-refractivity contribution in [2.75, 3.05) is 13.1 Å². The van der Waals surface area contributed by atoms with Crippen molar-refractivity contribution in [1.29, 1.82) is 0 Å². The molecule has 0 amide bonds. The summed E-state index contributed by atoms with van der Waals surface area (Å²) in [5.74, 6) is 0. The maximum atomic E-state index is 3.40. The van der Waals surface area contributed by atoms with Gasteiger partial charge in [-0.25, -0.2) is 0 Å². The third-order valence-corrected chi connectivity index (χ3v) is 3.91. The van der Waals surface area contributed by atoms with Crippen molar-refractivity contribution in [1.82, 2.24) is 5.32 Å². The summed E-state index contributed by atoms with van der Waals surface area (Å²) >= 11 is 2.04. The molecule has 2 heteroatoms. The summed E-state index contributed by atoms with van der Waals surface area (Å²) in [6.45, 7) is 4.53. The Kier molecular flexibility index (Phi) is 3.49. The molecule has 1 aromatic carbocycles. The van der Waals surface area contributed by atoms with Crippen LogP contribution in [0.3, 0.4) is 0 Å². The summed E-state index contributed by atoms with van der Waals surface area (Å²) in [5, 5.41) is 4.22. The summed E-state index contributed by atoms with van der Waals surface area (Å²) in [6.07, 6.45) is 2.61. The van der Waals surface area contributed by atoms with Gasteiger partial charge in [-0.3, -0.25) is 0 Å². The maximum absolute atomic E-state index is 3.40. The van der Waals surface area contributed by atoms with Gasteiger partial charge in [0, 0.05) is 10.1 Å². The van der Waals surface area contributed by atoms with Gasteiger partial charge >= 0.3 is 0 Å². The minimum atomic E-state index is 0.818. The zero-order valence-corrected chi connectivity index (χ0v) is 9.44. The van der Waals surface area contributed by atoms with Crippen molar-refractivity contribution >= 4 is 11.8 Å². The SMILES string of the molecule is Cc1cccc(SC2CCNCC2)c1. The highest BCUT2D eigenvalue weighted by Gasteiger charge is 2.13. The topological polar surface area (TPSA) is 12.0 Å². The quantitative estimate of drug-likeness (QED) is 0.800. The Morgan fingerprint density at radius 2 is 2.07 bits per heavy atom. The normalized spacial score (nSPS) is 18.4. The van der Waals surface area contributed by atoms with Gasteiger partial charge < -0.3 is 5.32 Å². The average molecular weight is 207 g/mol. The van der Waals surface area contributed by atoms with Crippen LogP contribution in [0.5, 0.6) is 0 Å². The molecule has 1 aromatic rings. The van der Waals surface area contributed by atoms with E-state index in [-0.39, 0.29) is 0 Å². The summed E-state index contributed by atoms with van der Waals surface area (Å²) in [4.78, 5) is 1.43. The second-order valence-corrected chi connectivity index (χ2v) is 5.26. The Labute approximate surface area is 90.3 Å². The molecule has 0 aliphatic carbocycles. The molecule has 0 aromatic heterocycles. The molecule has 0 spiro atoms. The van der Waals surface area contributed by atoms with E-state index in [0.717, 1.165) is 5.25 Å². The molecular formula is C12H17NS. The van der Waals surface area contributed by atoms with E-state index in [2.05, 4.69) is 36.5 Å². The Balaban J connectivity index is 1.95. The summed E-state index contributed by atoms with van der Waals surface area (Å²) < 4.78 is 0. The Hall–Kier alpha value is -0.470. The predicted molar refractivity (Wildman–Crippen MR) is 62.9 cm³/mol. The first-order valence-corrected chi connectivity index (χ1v) is 6.16. The maximum Gasteiger partial charge on any atom is 0.0118 e. The fourth-order valence-corrected chi connectivity index (χ4v) is 3.06. The first kappa shape index (κ1) is 10.1. The first-order chi connectivity index (χ1) is 6.84. The van der Waals surface area contributed by atoms with Crippen LogP contribution in [0.4, 0.5) is 0 Å². The van der Waals surface area contributed by atoms with Crippen LogP contribution >= 0.6 is 11.8 Å². The van der Waals surface area contributed by atoms with E-state index in [1.807, 2.05) is 11.8 Å². The van der Waals surface area contributed by atoms with E-state index < -0.39 is 0 Å². The van der Waals surface area contributed by atoms with Gasteiger partial charge in [-0.2, -0.15) is 0 Å². The molecule has 76 valence electrons. The van der Waals surface area contributed by atoms with E-state index >= 15 is 0 Å². The minimum Gasteiger partial charge on any atom is -0.317 e. The Bertz CT molecular complexity index is 292. The van der Waals surface area contributed by atoms with Crippen LogP contribution in [-0.2, 0) is 0 Å². The molecule has 1 aliphatic heterocycles. The van der Waals surface area contributed by atoms with Crippen molar-refractivity contribution < 1.29 is 0 Å². The molecule has 0 atom stereocenters. The highest BCUT2D eigenvalue weighted by atomic mass is 32.2. The largest absolute Gasteiger partial charge is 0.317 e. The molecule has 1 N–H and O–H groups in total. The predicted octanol–water partition coefficient (Wildman–Crippen LogP) is 2.84. The van der Waals surface area contributed by atoms with Gasteiger partial charge in [-0.15, -0.1) is 11.8 Å². The molecule has 0 unspecified atom stereocenters. The molecule has 0 radical (unpaired) electrons. The van der Waals surface area contributed by atoms with Crippen LogP contribution in [0.25, 0.3) is 0 Å². The molecule has 1 fully saturated rings. The molecule has 1 nitrogen and oxygen atoms in total. The fraction of sp³-hybridized carbons (Fsp3) is 0.500. The lowest BCUT2D eigenvalue weighted by Crippen LogP contribution is -2.29. The van der Waals surface area contributed by atoms with Crippen LogP contribution in [0.2, 0.25) is 0 Å². The van der Waals surface area contributed by atoms with Gasteiger partial charge in [0.15, 0.2) is 0 Å². The lowest BCUT2D eigenvalue weighted by molar-refractivity contribution is 0.531. The van der Waals surface area contributed by atoms with Crippen LogP contribution in [0, 0.1) is 6.92 Å². The minimum absolute atomic E-state index is 0.818. The molecule has 0 bridgehead atoms. The Morgan fingerprint density at radius 3 is 2.79 bits per heavy atom. The Morgan fingerprint density at radius 1 is 1.29 bits per heavy atom. The van der Waals surface area contributed by atoms with Gasteiger partial charge in [0.25, 0.3) is 0 Å². The highest BCUT2D eigenvalue weighted by molar-refractivity contribution is 8.00. The molecular weight excluding hydrogens is 190 g/mol. The van der Waals surface area contributed by atoms with Crippen LogP contribution in [-0.4, -0.2) is 18.3 Å². The lowest BCUT2D eigenvalue weighted by atomic mass is 10.2. The third-order valence-electron chi connectivity index (χ3n) is 2.58. The average Bonchev–Trinajstić information content (AvgIpc) is 2.19. The zero-order chi connectivity index (χ0) is 9.80. The number of aryl methyl sites for hydroxylation is 1. The highest BCUT2D eigenvalue weighted by Crippen LogP contribution is 2.28. The van der Waals surface area contributed by atoms with Crippen molar-refractivity contribution in [2.24, 2.45) is 0 Å². The summed E-state index contributed by atoms with van der Waals surface area (Å²) in [7, 11) is 0. The van der Waals surface area contributed by atoms with Crippen molar-refractivity contribution in [3.05, 3.63) is 29.8 Å². The van der Waals surface area contributed by atoms with E-state index in [1.54, 1.807) is 0 Å². The number of rotatable bonds is 2. The molecule has 1 aliphatic rings. The van der Waals surface area contributed by atoms with Gasteiger partial charge in [0.05, 0.1) is 0 Å². The molecule has 14 heavy (non-hydrogen) atoms. The molecule has 2 rings (SSSR count). The number of piperidine rings is 1. The van der Waals surface area contributed by atoms with Gasteiger partial charge in [-0.05, 0) is 45.0 Å². The van der Waals surface area contributed by atoms with Gasteiger partial charge in [0.2, 0.25) is 0 Å². The zero-order valence-electron chi connectivity index (χ0n) is 8.62. The first-order valence-electron chi connectivity index (χ1n) is 5.28. The van der Waals surface area contributed by atoms with Crippen molar-refractivity contribution in [2.45, 2.75) is 29.9 Å². The van der Waals surface area contributed by atoms with E-state index in [1.165, 1.54) is 36.4 Å². The molecule has 1 heterocycles. The van der Waals surface area contributed by atoms with Crippen molar-refractivity contribution in [3.63, 3.8) is 0 Å². The van der Waals surface area contributed by atoms with Crippen LogP contribution < -0.4 is 5.32 Å². The van der Waals surface area contributed by atoms with Crippen molar-refractivity contribution in [3.8, 4) is 0 Å². The second kappa shape index (κ2) is 4.85. The number of thioether (sulfide) groups is 1. The van der Waals surface area contributed by atoms with Crippen LogP contribution in [0.15, 0.2) is 29.2 Å². The number of hydrogen-bond acceptors (Lipinski definition) is 2. The number of hydrogen-bond donors (Lipinski definition) is 1.